The zero-order chi connectivity index (χ0) is 11.2. The van der Waals surface area contributed by atoms with E-state index in [1.54, 1.807) is 6.92 Å². The Bertz CT molecular complexity index is 234. The molecule has 2 aliphatic rings. The SMILES string of the molecule is CC1CC2CCC(I)C(F)C2C(F)C1F. The first-order chi connectivity index (χ1) is 7.02. The molecule has 15 heavy (non-hydrogen) atoms. The number of halogens is 4. The van der Waals surface area contributed by atoms with Crippen molar-refractivity contribution >= 4 is 22.6 Å². The molecule has 2 saturated carbocycles. The molecule has 7 atom stereocenters. The van der Waals surface area contributed by atoms with Crippen LogP contribution in [0.4, 0.5) is 13.2 Å². The standard InChI is InChI=1S/C11H16F3I/c1-5-4-6-2-3-7(15)10(13)8(6)11(14)9(5)12/h5-11H,2-4H2,1H3. The van der Waals surface area contributed by atoms with Crippen molar-refractivity contribution in [3.05, 3.63) is 0 Å². The van der Waals surface area contributed by atoms with E-state index in [0.29, 0.717) is 6.42 Å². The van der Waals surface area contributed by atoms with Crippen LogP contribution in [-0.2, 0) is 0 Å². The minimum Gasteiger partial charge on any atom is -0.246 e. The highest BCUT2D eigenvalue weighted by atomic mass is 127. The van der Waals surface area contributed by atoms with Crippen LogP contribution in [0.1, 0.15) is 26.2 Å². The molecular weight excluding hydrogens is 316 g/mol. The summed E-state index contributed by atoms with van der Waals surface area (Å²) in [5.41, 5.74) is 0. The third-order valence-electron chi connectivity index (χ3n) is 3.96. The largest absolute Gasteiger partial charge is 0.246 e. The van der Waals surface area contributed by atoms with E-state index in [1.165, 1.54) is 0 Å². The summed E-state index contributed by atoms with van der Waals surface area (Å²) in [5.74, 6) is -0.880. The number of fused-ring (bicyclic) bond motifs is 1. The molecule has 2 rings (SSSR count). The molecular formula is C11H16F3I. The number of hydrogen-bond acceptors (Lipinski definition) is 0. The molecule has 0 heterocycles. The maximum absolute atomic E-state index is 13.8. The Labute approximate surface area is 102 Å². The smallest absolute Gasteiger partial charge is 0.137 e. The highest BCUT2D eigenvalue weighted by molar-refractivity contribution is 14.1. The molecule has 2 aliphatic carbocycles. The lowest BCUT2D eigenvalue weighted by Gasteiger charge is -2.45. The van der Waals surface area contributed by atoms with Gasteiger partial charge in [0.1, 0.15) is 18.5 Å². The van der Waals surface area contributed by atoms with Crippen LogP contribution in [0.2, 0.25) is 0 Å². The molecule has 0 radical (unpaired) electrons. The molecule has 0 bridgehead atoms. The van der Waals surface area contributed by atoms with Crippen molar-refractivity contribution in [1.29, 1.82) is 0 Å². The van der Waals surface area contributed by atoms with Crippen LogP contribution in [0, 0.1) is 17.8 Å². The Hall–Kier alpha value is 0.520. The quantitative estimate of drug-likeness (QED) is 0.467. The average molecular weight is 332 g/mol. The summed E-state index contributed by atoms with van der Waals surface area (Å²) in [5, 5.41) is 0. The van der Waals surface area contributed by atoms with E-state index >= 15 is 0 Å². The second-order valence-electron chi connectivity index (χ2n) is 4.98. The van der Waals surface area contributed by atoms with Gasteiger partial charge in [-0.05, 0) is 31.1 Å². The van der Waals surface area contributed by atoms with E-state index < -0.39 is 24.4 Å². The molecule has 0 nitrogen and oxygen atoms in total. The normalized spacial score (nSPS) is 56.2. The van der Waals surface area contributed by atoms with Crippen molar-refractivity contribution in [1.82, 2.24) is 0 Å². The molecule has 0 N–H and O–H groups in total. The van der Waals surface area contributed by atoms with Crippen molar-refractivity contribution in [2.24, 2.45) is 17.8 Å². The number of rotatable bonds is 0. The summed E-state index contributed by atoms with van der Waals surface area (Å²) >= 11 is 2.03. The van der Waals surface area contributed by atoms with Crippen molar-refractivity contribution in [3.63, 3.8) is 0 Å². The van der Waals surface area contributed by atoms with Gasteiger partial charge in [-0.25, -0.2) is 13.2 Å². The highest BCUT2D eigenvalue weighted by Gasteiger charge is 2.51. The molecule has 88 valence electrons. The summed E-state index contributed by atoms with van der Waals surface area (Å²) in [6.45, 7) is 1.73. The fourth-order valence-corrected chi connectivity index (χ4v) is 3.91. The van der Waals surface area contributed by atoms with Gasteiger partial charge in [-0.15, -0.1) is 0 Å². The van der Waals surface area contributed by atoms with E-state index in [-0.39, 0.29) is 15.8 Å². The van der Waals surface area contributed by atoms with Crippen LogP contribution in [0.5, 0.6) is 0 Å². The first-order valence-corrected chi connectivity index (χ1v) is 6.83. The van der Waals surface area contributed by atoms with Gasteiger partial charge in [-0.1, -0.05) is 29.5 Å². The summed E-state index contributed by atoms with van der Waals surface area (Å²) in [4.78, 5) is 0. The lowest BCUT2D eigenvalue weighted by atomic mass is 9.65. The first-order valence-electron chi connectivity index (χ1n) is 5.58. The van der Waals surface area contributed by atoms with Gasteiger partial charge in [0.25, 0.3) is 0 Å². The van der Waals surface area contributed by atoms with Gasteiger partial charge in [-0.2, -0.15) is 0 Å². The van der Waals surface area contributed by atoms with Gasteiger partial charge in [0, 0.05) is 9.84 Å². The van der Waals surface area contributed by atoms with E-state index in [1.807, 2.05) is 22.6 Å². The maximum Gasteiger partial charge on any atom is 0.137 e. The molecule has 0 aromatic heterocycles. The third kappa shape index (κ3) is 2.03. The van der Waals surface area contributed by atoms with Gasteiger partial charge in [0.05, 0.1) is 0 Å². The van der Waals surface area contributed by atoms with E-state index in [9.17, 15) is 13.2 Å². The molecule has 2 fully saturated rings. The Morgan fingerprint density at radius 2 is 1.67 bits per heavy atom. The highest BCUT2D eigenvalue weighted by Crippen LogP contribution is 2.47. The molecule has 0 aromatic rings. The molecule has 0 saturated heterocycles. The molecule has 0 spiro atoms. The lowest BCUT2D eigenvalue weighted by Crippen LogP contribution is -2.51. The maximum atomic E-state index is 13.8. The average Bonchev–Trinajstić information content (AvgIpc) is 2.20. The number of hydrogen-bond donors (Lipinski definition) is 0. The van der Waals surface area contributed by atoms with Gasteiger partial charge in [0.15, 0.2) is 0 Å². The topological polar surface area (TPSA) is 0 Å². The Kier molecular flexibility index (Phi) is 3.53. The van der Waals surface area contributed by atoms with Crippen molar-refractivity contribution in [2.75, 3.05) is 0 Å². The number of alkyl halides is 4. The molecule has 4 heteroatoms. The van der Waals surface area contributed by atoms with Gasteiger partial charge in [-0.3, -0.25) is 0 Å². The second-order valence-corrected chi connectivity index (χ2v) is 6.58. The Balaban J connectivity index is 2.16. The van der Waals surface area contributed by atoms with Crippen LogP contribution in [0.25, 0.3) is 0 Å². The predicted octanol–water partition coefficient (Wildman–Crippen LogP) is 3.87. The Morgan fingerprint density at radius 3 is 2.33 bits per heavy atom. The van der Waals surface area contributed by atoms with Crippen molar-refractivity contribution < 1.29 is 13.2 Å². The molecule has 0 aliphatic heterocycles. The fourth-order valence-electron chi connectivity index (χ4n) is 3.07. The van der Waals surface area contributed by atoms with Gasteiger partial charge < -0.3 is 0 Å². The van der Waals surface area contributed by atoms with E-state index in [0.717, 1.165) is 12.8 Å². The van der Waals surface area contributed by atoms with Crippen LogP contribution in [0.15, 0.2) is 0 Å². The zero-order valence-electron chi connectivity index (χ0n) is 8.67. The molecule has 0 amide bonds. The minimum absolute atomic E-state index is 0.0583. The van der Waals surface area contributed by atoms with E-state index in [4.69, 9.17) is 0 Å². The molecule has 0 aromatic carbocycles. The summed E-state index contributed by atoms with van der Waals surface area (Å²) < 4.78 is 41.0. The summed E-state index contributed by atoms with van der Waals surface area (Å²) in [6, 6.07) is 0. The predicted molar refractivity (Wildman–Crippen MR) is 62.5 cm³/mol. The van der Waals surface area contributed by atoms with Gasteiger partial charge in [0.2, 0.25) is 0 Å². The summed E-state index contributed by atoms with van der Waals surface area (Å²) in [6.07, 6.45) is -1.91. The third-order valence-corrected chi connectivity index (χ3v) is 5.27. The zero-order valence-corrected chi connectivity index (χ0v) is 10.8. The van der Waals surface area contributed by atoms with Crippen LogP contribution >= 0.6 is 22.6 Å². The van der Waals surface area contributed by atoms with Gasteiger partial charge >= 0.3 is 0 Å². The molecule has 7 unspecified atom stereocenters. The van der Waals surface area contributed by atoms with Crippen molar-refractivity contribution in [3.8, 4) is 0 Å². The Morgan fingerprint density at radius 1 is 1.00 bits per heavy atom. The van der Waals surface area contributed by atoms with Crippen molar-refractivity contribution in [2.45, 2.75) is 48.6 Å². The first kappa shape index (κ1) is 12.0. The van der Waals surface area contributed by atoms with Crippen LogP contribution in [-0.4, -0.2) is 22.4 Å². The minimum atomic E-state index is -1.59. The summed E-state index contributed by atoms with van der Waals surface area (Å²) in [7, 11) is 0. The van der Waals surface area contributed by atoms with Crippen LogP contribution < -0.4 is 0 Å². The fraction of sp³-hybridized carbons (Fsp3) is 1.00. The van der Waals surface area contributed by atoms with E-state index in [2.05, 4.69) is 0 Å². The van der Waals surface area contributed by atoms with Crippen LogP contribution in [0.3, 0.4) is 0 Å². The monoisotopic (exact) mass is 332 g/mol. The second kappa shape index (κ2) is 4.41. The lowest BCUT2D eigenvalue weighted by molar-refractivity contribution is -0.0561.